The number of aromatic nitrogens is 4. The normalized spacial score (nSPS) is 17.1. The molecule has 2 aromatic carbocycles. The second-order valence-corrected chi connectivity index (χ2v) is 9.50. The van der Waals surface area contributed by atoms with Crippen LogP contribution in [0.2, 0.25) is 0 Å². The topological polar surface area (TPSA) is 143 Å². The van der Waals surface area contributed by atoms with E-state index in [2.05, 4.69) is 30.8 Å². The number of aryl methyl sites for hydroxylation is 1. The molecule has 0 bridgehead atoms. The van der Waals surface area contributed by atoms with Gasteiger partial charge in [0.25, 0.3) is 0 Å². The number of benzene rings is 2. The van der Waals surface area contributed by atoms with Crippen molar-refractivity contribution in [1.29, 1.82) is 0 Å². The van der Waals surface area contributed by atoms with Crippen LogP contribution in [0, 0.1) is 12.8 Å². The summed E-state index contributed by atoms with van der Waals surface area (Å²) in [4.78, 5) is 32.2. The van der Waals surface area contributed by atoms with Crippen molar-refractivity contribution in [2.45, 2.75) is 44.9 Å². The predicted molar refractivity (Wildman–Crippen MR) is 141 cm³/mol. The van der Waals surface area contributed by atoms with E-state index >= 15 is 0 Å². The first-order valence-electron chi connectivity index (χ1n) is 12.6. The summed E-state index contributed by atoms with van der Waals surface area (Å²) in [6, 6.07) is 17.2. The summed E-state index contributed by atoms with van der Waals surface area (Å²) in [5, 5.41) is 22.6. The third kappa shape index (κ3) is 6.20. The summed E-state index contributed by atoms with van der Waals surface area (Å²) in [5.41, 5.74) is 4.22. The monoisotopic (exact) mass is 512 g/mol. The highest BCUT2D eigenvalue weighted by molar-refractivity contribution is 6.00. The van der Waals surface area contributed by atoms with Crippen molar-refractivity contribution in [3.63, 3.8) is 0 Å². The maximum Gasteiger partial charge on any atom is 0.320 e. The van der Waals surface area contributed by atoms with Gasteiger partial charge in [-0.3, -0.25) is 9.59 Å². The van der Waals surface area contributed by atoms with E-state index in [-0.39, 0.29) is 24.2 Å². The van der Waals surface area contributed by atoms with E-state index in [4.69, 9.17) is 9.52 Å². The van der Waals surface area contributed by atoms with Crippen LogP contribution in [0.3, 0.4) is 0 Å². The number of rotatable bonds is 8. The molecule has 1 aliphatic carbocycles. The number of carbonyl (C=O) groups is 2. The van der Waals surface area contributed by atoms with Gasteiger partial charge in [0.2, 0.25) is 0 Å². The Labute approximate surface area is 219 Å². The van der Waals surface area contributed by atoms with Gasteiger partial charge in [0.05, 0.1) is 5.69 Å². The number of amides is 1. The molecule has 1 saturated carbocycles. The van der Waals surface area contributed by atoms with E-state index in [1.165, 1.54) is 5.56 Å². The molecule has 3 N–H and O–H groups in total. The molecule has 4 aromatic rings. The van der Waals surface area contributed by atoms with E-state index in [1.54, 1.807) is 6.20 Å². The highest BCUT2D eigenvalue weighted by Gasteiger charge is 2.24. The molecule has 0 unspecified atom stereocenters. The molecule has 2 heterocycles. The zero-order chi connectivity index (χ0) is 26.5. The molecule has 0 aliphatic heterocycles. The molecule has 0 atom stereocenters. The molecular weight excluding hydrogens is 484 g/mol. The minimum Gasteiger partial charge on any atom is -0.481 e. The Morgan fingerprint density at radius 3 is 2.53 bits per heavy atom. The number of carbonyl (C=O) groups excluding carboxylic acids is 1. The fourth-order valence-corrected chi connectivity index (χ4v) is 4.83. The van der Waals surface area contributed by atoms with Crippen molar-refractivity contribution in [2.75, 3.05) is 10.6 Å². The van der Waals surface area contributed by atoms with Crippen molar-refractivity contribution in [3.05, 3.63) is 78.1 Å². The highest BCUT2D eigenvalue weighted by Crippen LogP contribution is 2.37. The second kappa shape index (κ2) is 11.2. The van der Waals surface area contributed by atoms with Crippen molar-refractivity contribution in [2.24, 2.45) is 5.92 Å². The minimum absolute atomic E-state index is 0.0972. The predicted octanol–water partition coefficient (Wildman–Crippen LogP) is 5.58. The first-order chi connectivity index (χ1) is 18.4. The molecule has 194 valence electrons. The summed E-state index contributed by atoms with van der Waals surface area (Å²) in [6.45, 7) is 1.84. The van der Waals surface area contributed by atoms with Crippen LogP contribution in [0.5, 0.6) is 0 Å². The van der Waals surface area contributed by atoms with Crippen molar-refractivity contribution < 1.29 is 19.1 Å². The lowest BCUT2D eigenvalue weighted by Crippen LogP contribution is -2.16. The summed E-state index contributed by atoms with van der Waals surface area (Å²) < 4.78 is 5.53. The summed E-state index contributed by atoms with van der Waals surface area (Å²) in [6.07, 6.45) is 5.76. The summed E-state index contributed by atoms with van der Waals surface area (Å²) in [5.74, 6) is -0.0220. The maximum absolute atomic E-state index is 12.7. The first kappa shape index (κ1) is 25.1. The van der Waals surface area contributed by atoms with Gasteiger partial charge in [0, 0.05) is 29.6 Å². The molecule has 1 aliphatic rings. The van der Waals surface area contributed by atoms with Crippen molar-refractivity contribution in [1.82, 2.24) is 20.2 Å². The third-order valence-corrected chi connectivity index (χ3v) is 6.75. The maximum atomic E-state index is 12.7. The Morgan fingerprint density at radius 2 is 1.79 bits per heavy atom. The van der Waals surface area contributed by atoms with Crippen LogP contribution in [0.4, 0.5) is 17.4 Å². The second-order valence-electron chi connectivity index (χ2n) is 9.50. The number of carboxylic acid groups (broad SMARTS) is 1. The molecule has 10 nitrogen and oxygen atoms in total. The van der Waals surface area contributed by atoms with Crippen molar-refractivity contribution >= 4 is 29.3 Å². The smallest absolute Gasteiger partial charge is 0.320 e. The van der Waals surface area contributed by atoms with Crippen LogP contribution in [-0.4, -0.2) is 37.1 Å². The van der Waals surface area contributed by atoms with Gasteiger partial charge in [-0.25, -0.2) is 9.97 Å². The van der Waals surface area contributed by atoms with Gasteiger partial charge < -0.3 is 20.2 Å². The van der Waals surface area contributed by atoms with Gasteiger partial charge in [-0.15, -0.1) is 5.10 Å². The zero-order valence-corrected chi connectivity index (χ0v) is 20.9. The van der Waals surface area contributed by atoms with Crippen LogP contribution in [0.1, 0.15) is 60.1 Å². The van der Waals surface area contributed by atoms with Crippen molar-refractivity contribution in [3.8, 4) is 11.3 Å². The van der Waals surface area contributed by atoms with Crippen LogP contribution in [0.15, 0.2) is 65.2 Å². The van der Waals surface area contributed by atoms with Gasteiger partial charge in [-0.05, 0) is 80.3 Å². The SMILES string of the molecule is Cc1nccc(-c2cccc(Nc3nnc(C(=O)Nc4ccc(C5CCC(CC(=O)O)CC5)cc4)o3)c2)n1. The molecule has 0 radical (unpaired) electrons. The average molecular weight is 513 g/mol. The lowest BCUT2D eigenvalue weighted by atomic mass is 9.77. The fraction of sp³-hybridized carbons (Fsp3) is 0.286. The van der Waals surface area contributed by atoms with Gasteiger partial charge >= 0.3 is 23.8 Å². The van der Waals surface area contributed by atoms with E-state index in [1.807, 2.05) is 61.5 Å². The Kier molecular flexibility index (Phi) is 7.39. The molecule has 10 heteroatoms. The molecule has 5 rings (SSSR count). The van der Waals surface area contributed by atoms with Gasteiger partial charge in [0.15, 0.2) is 0 Å². The lowest BCUT2D eigenvalue weighted by Gasteiger charge is -2.28. The minimum atomic E-state index is -0.722. The number of nitrogens with zero attached hydrogens (tertiary/aromatic N) is 4. The Balaban J connectivity index is 1.17. The average Bonchev–Trinajstić information content (AvgIpc) is 3.38. The number of aliphatic carboxylic acids is 1. The van der Waals surface area contributed by atoms with Crippen LogP contribution >= 0.6 is 0 Å². The molecule has 38 heavy (non-hydrogen) atoms. The molecule has 0 spiro atoms. The number of carboxylic acids is 1. The lowest BCUT2D eigenvalue weighted by molar-refractivity contribution is -0.138. The highest BCUT2D eigenvalue weighted by atomic mass is 16.4. The molecule has 1 amide bonds. The van der Waals surface area contributed by atoms with Gasteiger partial charge in [-0.1, -0.05) is 29.4 Å². The zero-order valence-electron chi connectivity index (χ0n) is 20.9. The quantitative estimate of drug-likeness (QED) is 0.276. The Hall–Kier alpha value is -4.60. The van der Waals surface area contributed by atoms with Crippen LogP contribution in [0.25, 0.3) is 11.3 Å². The van der Waals surface area contributed by atoms with Crippen LogP contribution < -0.4 is 10.6 Å². The third-order valence-electron chi connectivity index (χ3n) is 6.75. The van der Waals surface area contributed by atoms with Crippen LogP contribution in [-0.2, 0) is 4.79 Å². The van der Waals surface area contributed by atoms with E-state index in [0.29, 0.717) is 23.1 Å². The molecule has 0 saturated heterocycles. The first-order valence-corrected chi connectivity index (χ1v) is 12.6. The van der Waals surface area contributed by atoms with E-state index in [0.717, 1.165) is 36.9 Å². The largest absolute Gasteiger partial charge is 0.481 e. The molecule has 2 aromatic heterocycles. The number of nitrogens with one attached hydrogen (secondary N) is 2. The van der Waals surface area contributed by atoms with E-state index in [9.17, 15) is 9.59 Å². The van der Waals surface area contributed by atoms with Gasteiger partial charge in [-0.2, -0.15) is 0 Å². The standard InChI is InChI=1S/C28H28N6O4/c1-17-29-14-13-24(30-17)21-3-2-4-23(16-21)32-28-34-33-27(38-28)26(37)31-22-11-9-20(10-12-22)19-7-5-18(6-8-19)15-25(35)36/h2-4,9-14,16,18-19H,5-8,15H2,1H3,(H,31,37)(H,32,34)(H,35,36). The van der Waals surface area contributed by atoms with E-state index < -0.39 is 11.9 Å². The summed E-state index contributed by atoms with van der Waals surface area (Å²) in [7, 11) is 0. The molecule has 1 fully saturated rings. The summed E-state index contributed by atoms with van der Waals surface area (Å²) >= 11 is 0. The number of hydrogen-bond acceptors (Lipinski definition) is 8. The fourth-order valence-electron chi connectivity index (χ4n) is 4.83. The Bertz CT molecular complexity index is 1430. The molecular formula is C28H28N6O4. The number of hydrogen-bond donors (Lipinski definition) is 3. The Morgan fingerprint density at radius 1 is 1.00 bits per heavy atom. The number of anilines is 3. The van der Waals surface area contributed by atoms with Gasteiger partial charge in [0.1, 0.15) is 5.82 Å².